The minimum Gasteiger partial charge on any atom is -0.496 e. The van der Waals surface area contributed by atoms with Crippen LogP contribution in [-0.4, -0.2) is 23.9 Å². The van der Waals surface area contributed by atoms with Crippen molar-refractivity contribution < 1.29 is 4.74 Å². The van der Waals surface area contributed by atoms with Gasteiger partial charge >= 0.3 is 0 Å². The highest BCUT2D eigenvalue weighted by Gasteiger charge is 2.17. The van der Waals surface area contributed by atoms with Gasteiger partial charge in [-0.3, -0.25) is 4.68 Å². The number of methoxy groups -OCH3 is 1. The van der Waals surface area contributed by atoms with E-state index in [-0.39, 0.29) is 0 Å². The zero-order chi connectivity index (χ0) is 14.9. The number of benzene rings is 1. The van der Waals surface area contributed by atoms with E-state index in [4.69, 9.17) is 4.74 Å². The smallest absolute Gasteiger partial charge is 0.122 e. The topological polar surface area (TPSA) is 39.1 Å². The number of ether oxygens (including phenoxy) is 1. The van der Waals surface area contributed by atoms with Crippen LogP contribution in [0.25, 0.3) is 11.3 Å². The number of hydrogen-bond donors (Lipinski definition) is 1. The highest BCUT2D eigenvalue weighted by molar-refractivity contribution is 9.10. The van der Waals surface area contributed by atoms with Crippen molar-refractivity contribution in [3.8, 4) is 17.0 Å². The van der Waals surface area contributed by atoms with E-state index in [1.54, 1.807) is 7.11 Å². The first kappa shape index (κ1) is 15.1. The molecule has 108 valence electrons. The summed E-state index contributed by atoms with van der Waals surface area (Å²) in [4.78, 5) is 0. The maximum Gasteiger partial charge on any atom is 0.122 e. The van der Waals surface area contributed by atoms with Gasteiger partial charge in [-0.1, -0.05) is 0 Å². The summed E-state index contributed by atoms with van der Waals surface area (Å²) >= 11 is 3.68. The lowest BCUT2D eigenvalue weighted by Crippen LogP contribution is -2.10. The lowest BCUT2D eigenvalue weighted by molar-refractivity contribution is 0.411. The number of nitrogens with one attached hydrogen (secondary N) is 1. The fourth-order valence-corrected chi connectivity index (χ4v) is 3.02. The molecule has 1 N–H and O–H groups in total. The van der Waals surface area contributed by atoms with Gasteiger partial charge < -0.3 is 10.1 Å². The summed E-state index contributed by atoms with van der Waals surface area (Å²) in [5.74, 6) is 0.911. The summed E-state index contributed by atoms with van der Waals surface area (Å²) in [5.41, 5.74) is 5.51. The van der Waals surface area contributed by atoms with Gasteiger partial charge in [0.25, 0.3) is 0 Å². The fraction of sp³-hybridized carbons (Fsp3) is 0.400. The van der Waals surface area contributed by atoms with Gasteiger partial charge in [0, 0.05) is 19.2 Å². The van der Waals surface area contributed by atoms with E-state index in [0.717, 1.165) is 44.8 Å². The van der Waals surface area contributed by atoms with Gasteiger partial charge in [0.05, 0.1) is 17.3 Å². The molecular formula is C15H20BrN3O. The van der Waals surface area contributed by atoms with E-state index in [2.05, 4.69) is 45.4 Å². The van der Waals surface area contributed by atoms with Crippen molar-refractivity contribution in [3.05, 3.63) is 33.4 Å². The molecule has 2 rings (SSSR count). The van der Waals surface area contributed by atoms with Crippen LogP contribution in [0.1, 0.15) is 16.8 Å². The standard InChI is InChI=1S/C15H20BrN3O/c1-9-7-13(20-5)10(2)6-11(9)15-14(16)12(8-17-3)19(4)18-15/h6-7,17H,8H2,1-5H3. The Morgan fingerprint density at radius 1 is 1.30 bits per heavy atom. The Bertz CT molecular complexity index is 635. The quantitative estimate of drug-likeness (QED) is 0.931. The van der Waals surface area contributed by atoms with Crippen molar-refractivity contribution >= 4 is 15.9 Å². The van der Waals surface area contributed by atoms with Crippen molar-refractivity contribution in [1.82, 2.24) is 15.1 Å². The Hall–Kier alpha value is -1.33. The predicted octanol–water partition coefficient (Wildman–Crippen LogP) is 3.19. The normalized spacial score (nSPS) is 10.9. The third kappa shape index (κ3) is 2.60. The summed E-state index contributed by atoms with van der Waals surface area (Å²) in [6.45, 7) is 4.90. The zero-order valence-corrected chi connectivity index (χ0v) is 14.1. The molecular weight excluding hydrogens is 318 g/mol. The van der Waals surface area contributed by atoms with Gasteiger partial charge in [-0.25, -0.2) is 0 Å². The van der Waals surface area contributed by atoms with Gasteiger partial charge in [0.2, 0.25) is 0 Å². The first-order valence-corrected chi connectivity index (χ1v) is 7.30. The summed E-state index contributed by atoms with van der Waals surface area (Å²) in [6, 6.07) is 4.19. The Balaban J connectivity index is 2.57. The molecule has 0 aliphatic heterocycles. The lowest BCUT2D eigenvalue weighted by atomic mass is 10.0. The summed E-state index contributed by atoms with van der Waals surface area (Å²) < 4.78 is 8.32. The molecule has 0 spiro atoms. The number of halogens is 1. The number of rotatable bonds is 4. The molecule has 0 aliphatic carbocycles. The first-order valence-electron chi connectivity index (χ1n) is 6.51. The Kier molecular flexibility index (Phi) is 4.50. The van der Waals surface area contributed by atoms with Crippen LogP contribution >= 0.6 is 15.9 Å². The number of aryl methyl sites for hydroxylation is 3. The molecule has 0 atom stereocenters. The van der Waals surface area contributed by atoms with Crippen LogP contribution in [0.3, 0.4) is 0 Å². The molecule has 5 heteroatoms. The van der Waals surface area contributed by atoms with E-state index in [1.807, 2.05) is 25.7 Å². The van der Waals surface area contributed by atoms with Crippen molar-refractivity contribution in [3.63, 3.8) is 0 Å². The first-order chi connectivity index (χ1) is 9.49. The van der Waals surface area contributed by atoms with E-state index in [9.17, 15) is 0 Å². The maximum atomic E-state index is 5.37. The molecule has 0 saturated carbocycles. The molecule has 0 bridgehead atoms. The predicted molar refractivity (Wildman–Crippen MR) is 85.1 cm³/mol. The molecule has 0 fully saturated rings. The highest BCUT2D eigenvalue weighted by Crippen LogP contribution is 2.35. The van der Waals surface area contributed by atoms with Gasteiger partial charge in [-0.2, -0.15) is 5.10 Å². The zero-order valence-electron chi connectivity index (χ0n) is 12.5. The maximum absolute atomic E-state index is 5.37. The van der Waals surface area contributed by atoms with Crippen LogP contribution in [0.15, 0.2) is 16.6 Å². The number of hydrogen-bond acceptors (Lipinski definition) is 3. The van der Waals surface area contributed by atoms with Gasteiger partial charge in [-0.15, -0.1) is 0 Å². The van der Waals surface area contributed by atoms with Crippen molar-refractivity contribution in [2.24, 2.45) is 7.05 Å². The Morgan fingerprint density at radius 2 is 2.00 bits per heavy atom. The van der Waals surface area contributed by atoms with E-state index in [0.29, 0.717) is 0 Å². The van der Waals surface area contributed by atoms with E-state index < -0.39 is 0 Å². The molecule has 0 amide bonds. The van der Waals surface area contributed by atoms with Crippen LogP contribution in [0.2, 0.25) is 0 Å². The van der Waals surface area contributed by atoms with Crippen LogP contribution in [0.5, 0.6) is 5.75 Å². The lowest BCUT2D eigenvalue weighted by Gasteiger charge is -2.10. The van der Waals surface area contributed by atoms with Gasteiger partial charge in [-0.05, 0) is 60.1 Å². The largest absolute Gasteiger partial charge is 0.496 e. The molecule has 0 unspecified atom stereocenters. The average Bonchev–Trinajstić information content (AvgIpc) is 2.69. The van der Waals surface area contributed by atoms with Crippen LogP contribution in [0, 0.1) is 13.8 Å². The summed E-state index contributed by atoms with van der Waals surface area (Å²) in [6.07, 6.45) is 0. The minimum atomic E-state index is 0.776. The molecule has 4 nitrogen and oxygen atoms in total. The SMILES string of the molecule is CNCc1c(Br)c(-c2cc(C)c(OC)cc2C)nn1C. The second-order valence-corrected chi connectivity index (χ2v) is 5.69. The van der Waals surface area contributed by atoms with E-state index >= 15 is 0 Å². The van der Waals surface area contributed by atoms with Crippen LogP contribution < -0.4 is 10.1 Å². The third-order valence-electron chi connectivity index (χ3n) is 3.44. The highest BCUT2D eigenvalue weighted by atomic mass is 79.9. The fourth-order valence-electron chi connectivity index (χ4n) is 2.33. The molecule has 2 aromatic rings. The number of nitrogens with zero attached hydrogens (tertiary/aromatic N) is 2. The van der Waals surface area contributed by atoms with E-state index in [1.165, 1.54) is 0 Å². The van der Waals surface area contributed by atoms with Crippen molar-refractivity contribution in [2.45, 2.75) is 20.4 Å². The third-order valence-corrected chi connectivity index (χ3v) is 4.28. The van der Waals surface area contributed by atoms with Crippen molar-refractivity contribution in [2.75, 3.05) is 14.2 Å². The molecule has 0 saturated heterocycles. The summed E-state index contributed by atoms with van der Waals surface area (Å²) in [7, 11) is 5.59. The Labute approximate surface area is 128 Å². The molecule has 0 aliphatic rings. The molecule has 1 aromatic heterocycles. The Morgan fingerprint density at radius 3 is 2.60 bits per heavy atom. The van der Waals surface area contributed by atoms with Crippen LogP contribution in [0.4, 0.5) is 0 Å². The second kappa shape index (κ2) is 5.97. The van der Waals surface area contributed by atoms with Gasteiger partial charge in [0.15, 0.2) is 0 Å². The second-order valence-electron chi connectivity index (χ2n) is 4.90. The monoisotopic (exact) mass is 337 g/mol. The van der Waals surface area contributed by atoms with Crippen molar-refractivity contribution in [1.29, 1.82) is 0 Å². The minimum absolute atomic E-state index is 0.776. The number of aromatic nitrogens is 2. The average molecular weight is 338 g/mol. The molecule has 20 heavy (non-hydrogen) atoms. The molecule has 1 heterocycles. The van der Waals surface area contributed by atoms with Gasteiger partial charge in [0.1, 0.15) is 11.4 Å². The van der Waals surface area contributed by atoms with Crippen LogP contribution in [-0.2, 0) is 13.6 Å². The molecule has 0 radical (unpaired) electrons. The molecule has 1 aromatic carbocycles. The summed E-state index contributed by atoms with van der Waals surface area (Å²) in [5, 5.41) is 7.81.